The number of benzene rings is 1. The van der Waals surface area contributed by atoms with Gasteiger partial charge in [-0.25, -0.2) is 0 Å². The molecule has 0 bridgehead atoms. The molecule has 0 aliphatic rings. The summed E-state index contributed by atoms with van der Waals surface area (Å²) in [4.78, 5) is 0. The summed E-state index contributed by atoms with van der Waals surface area (Å²) in [7, 11) is 3.26. The molecule has 0 heterocycles. The fourth-order valence-electron chi connectivity index (χ4n) is 1.62. The highest BCUT2D eigenvalue weighted by Crippen LogP contribution is 2.33. The molecule has 2 nitrogen and oxygen atoms in total. The standard InChI is InChI=1S/C16H18O2.2C2H6/c1-6-8-13(7-2)12(3)15-11-14(17-4)9-10-16(15)18-5;2*1-2/h6-11H,1-3H2,4-5H3;2*1-2H3/b13-8+;;. The fourth-order valence-corrected chi connectivity index (χ4v) is 1.62. The van der Waals surface area contributed by atoms with Gasteiger partial charge in [-0.2, -0.15) is 0 Å². The lowest BCUT2D eigenvalue weighted by Crippen LogP contribution is -1.94. The predicted molar refractivity (Wildman–Crippen MR) is 99.8 cm³/mol. The maximum absolute atomic E-state index is 5.34. The average molecular weight is 302 g/mol. The molecule has 1 aromatic carbocycles. The first kappa shape index (κ1) is 22.1. The Hall–Kier alpha value is -2.22. The summed E-state index contributed by atoms with van der Waals surface area (Å²) < 4.78 is 10.6. The van der Waals surface area contributed by atoms with Crippen molar-refractivity contribution in [2.24, 2.45) is 0 Å². The summed E-state index contributed by atoms with van der Waals surface area (Å²) in [5.41, 5.74) is 2.60. The van der Waals surface area contributed by atoms with Gasteiger partial charge in [0, 0.05) is 5.56 Å². The maximum atomic E-state index is 5.34. The number of ether oxygens (including phenoxy) is 2. The highest BCUT2D eigenvalue weighted by molar-refractivity contribution is 5.83. The zero-order valence-corrected chi connectivity index (χ0v) is 14.9. The Labute approximate surface area is 136 Å². The minimum absolute atomic E-state index is 0.748. The Morgan fingerprint density at radius 3 is 2.00 bits per heavy atom. The second-order valence-electron chi connectivity index (χ2n) is 3.61. The van der Waals surface area contributed by atoms with Gasteiger partial charge in [0.25, 0.3) is 0 Å². The van der Waals surface area contributed by atoms with E-state index in [-0.39, 0.29) is 0 Å². The minimum Gasteiger partial charge on any atom is -0.497 e. The third-order valence-corrected chi connectivity index (χ3v) is 2.60. The normalized spacial score (nSPS) is 9.27. The van der Waals surface area contributed by atoms with E-state index in [0.29, 0.717) is 0 Å². The zero-order chi connectivity index (χ0) is 17.5. The third-order valence-electron chi connectivity index (χ3n) is 2.60. The first-order valence-electron chi connectivity index (χ1n) is 7.54. The second-order valence-corrected chi connectivity index (χ2v) is 3.61. The molecule has 0 fully saturated rings. The Balaban J connectivity index is 0. The van der Waals surface area contributed by atoms with Crippen LogP contribution in [0.3, 0.4) is 0 Å². The molecule has 0 unspecified atom stereocenters. The number of methoxy groups -OCH3 is 2. The summed E-state index contributed by atoms with van der Waals surface area (Å²) in [5.74, 6) is 1.51. The van der Waals surface area contributed by atoms with Crippen molar-refractivity contribution in [1.82, 2.24) is 0 Å². The van der Waals surface area contributed by atoms with E-state index in [0.717, 1.165) is 28.2 Å². The molecule has 2 heteroatoms. The molecule has 1 aromatic rings. The van der Waals surface area contributed by atoms with E-state index in [9.17, 15) is 0 Å². The molecule has 0 saturated carbocycles. The summed E-state index contributed by atoms with van der Waals surface area (Å²) in [6.45, 7) is 19.5. The van der Waals surface area contributed by atoms with Crippen molar-refractivity contribution in [1.29, 1.82) is 0 Å². The van der Waals surface area contributed by atoms with Crippen LogP contribution in [-0.4, -0.2) is 14.2 Å². The molecule has 1 rings (SSSR count). The largest absolute Gasteiger partial charge is 0.497 e. The minimum atomic E-state index is 0.748. The molecular weight excluding hydrogens is 272 g/mol. The highest BCUT2D eigenvalue weighted by atomic mass is 16.5. The Kier molecular flexibility index (Phi) is 13.8. The van der Waals surface area contributed by atoms with Gasteiger partial charge in [-0.1, -0.05) is 65.7 Å². The average Bonchev–Trinajstić information content (AvgIpc) is 2.61. The topological polar surface area (TPSA) is 18.5 Å². The SMILES string of the molecule is C=C/C=C(\C=C)C(=C)c1cc(OC)ccc1OC.CC.CC. The van der Waals surface area contributed by atoms with Crippen LogP contribution in [0.25, 0.3) is 5.57 Å². The van der Waals surface area contributed by atoms with Gasteiger partial charge in [0.1, 0.15) is 11.5 Å². The van der Waals surface area contributed by atoms with Gasteiger partial charge >= 0.3 is 0 Å². The van der Waals surface area contributed by atoms with Crippen LogP contribution in [0.15, 0.2) is 61.7 Å². The van der Waals surface area contributed by atoms with Crippen LogP contribution in [0.4, 0.5) is 0 Å². The van der Waals surface area contributed by atoms with Crippen molar-refractivity contribution in [2.75, 3.05) is 14.2 Å². The van der Waals surface area contributed by atoms with Gasteiger partial charge < -0.3 is 9.47 Å². The summed E-state index contributed by atoms with van der Waals surface area (Å²) >= 11 is 0. The smallest absolute Gasteiger partial charge is 0.126 e. The van der Waals surface area contributed by atoms with E-state index >= 15 is 0 Å². The molecule has 0 aromatic heterocycles. The lowest BCUT2D eigenvalue weighted by Gasteiger charge is -2.13. The first-order valence-corrected chi connectivity index (χ1v) is 7.54. The quantitative estimate of drug-likeness (QED) is 0.594. The second kappa shape index (κ2) is 13.7. The third kappa shape index (κ3) is 6.49. The van der Waals surface area contributed by atoms with E-state index in [1.54, 1.807) is 26.4 Å². The van der Waals surface area contributed by atoms with Crippen molar-refractivity contribution in [3.63, 3.8) is 0 Å². The van der Waals surface area contributed by atoms with Crippen molar-refractivity contribution < 1.29 is 9.47 Å². The molecule has 122 valence electrons. The van der Waals surface area contributed by atoms with Crippen LogP contribution in [0.5, 0.6) is 11.5 Å². The van der Waals surface area contributed by atoms with Crippen molar-refractivity contribution in [2.45, 2.75) is 27.7 Å². The lowest BCUT2D eigenvalue weighted by atomic mass is 9.98. The van der Waals surface area contributed by atoms with Gasteiger partial charge in [-0.15, -0.1) is 0 Å². The predicted octanol–water partition coefficient (Wildman–Crippen LogP) is 6.07. The van der Waals surface area contributed by atoms with Gasteiger partial charge in [-0.3, -0.25) is 0 Å². The van der Waals surface area contributed by atoms with Gasteiger partial charge in [0.2, 0.25) is 0 Å². The number of hydrogen-bond donors (Lipinski definition) is 0. The number of allylic oxidation sites excluding steroid dienone is 5. The van der Waals surface area contributed by atoms with E-state index < -0.39 is 0 Å². The molecule has 22 heavy (non-hydrogen) atoms. The maximum Gasteiger partial charge on any atom is 0.126 e. The Morgan fingerprint density at radius 2 is 1.59 bits per heavy atom. The fraction of sp³-hybridized carbons (Fsp3) is 0.300. The van der Waals surface area contributed by atoms with Crippen molar-refractivity contribution in [3.8, 4) is 11.5 Å². The molecule has 0 aliphatic heterocycles. The van der Waals surface area contributed by atoms with Crippen molar-refractivity contribution in [3.05, 3.63) is 67.3 Å². The Bertz CT molecular complexity index is 496. The van der Waals surface area contributed by atoms with E-state index in [1.807, 2.05) is 52.0 Å². The molecule has 0 aliphatic carbocycles. The van der Waals surface area contributed by atoms with Gasteiger partial charge in [0.15, 0.2) is 0 Å². The van der Waals surface area contributed by atoms with E-state index in [1.165, 1.54) is 0 Å². The van der Waals surface area contributed by atoms with Gasteiger partial charge in [-0.05, 0) is 29.3 Å². The summed E-state index contributed by atoms with van der Waals surface area (Å²) in [5, 5.41) is 0. The highest BCUT2D eigenvalue weighted by Gasteiger charge is 2.10. The Morgan fingerprint density at radius 1 is 1.00 bits per heavy atom. The van der Waals surface area contributed by atoms with Crippen molar-refractivity contribution >= 4 is 5.57 Å². The zero-order valence-electron chi connectivity index (χ0n) is 14.9. The summed E-state index contributed by atoms with van der Waals surface area (Å²) in [6, 6.07) is 5.59. The van der Waals surface area contributed by atoms with Crippen LogP contribution in [0.1, 0.15) is 33.3 Å². The van der Waals surface area contributed by atoms with Crippen LogP contribution < -0.4 is 9.47 Å². The molecule has 0 saturated heterocycles. The van der Waals surface area contributed by atoms with Crippen LogP contribution in [0, 0.1) is 0 Å². The molecule has 0 spiro atoms. The number of rotatable bonds is 6. The molecule has 0 amide bonds. The van der Waals surface area contributed by atoms with E-state index in [4.69, 9.17) is 9.47 Å². The molecule has 0 atom stereocenters. The molecule has 0 N–H and O–H groups in total. The van der Waals surface area contributed by atoms with Gasteiger partial charge in [0.05, 0.1) is 14.2 Å². The van der Waals surface area contributed by atoms with Crippen LogP contribution >= 0.6 is 0 Å². The lowest BCUT2D eigenvalue weighted by molar-refractivity contribution is 0.402. The summed E-state index contributed by atoms with van der Waals surface area (Å²) in [6.07, 6.45) is 5.30. The monoisotopic (exact) mass is 302 g/mol. The number of hydrogen-bond acceptors (Lipinski definition) is 2. The van der Waals surface area contributed by atoms with Crippen LogP contribution in [-0.2, 0) is 0 Å². The molecular formula is C20H30O2. The first-order chi connectivity index (χ1) is 10.7. The van der Waals surface area contributed by atoms with Crippen LogP contribution in [0.2, 0.25) is 0 Å². The van der Waals surface area contributed by atoms with E-state index in [2.05, 4.69) is 19.7 Å². The molecule has 0 radical (unpaired) electrons.